The van der Waals surface area contributed by atoms with Crippen LogP contribution in [0.2, 0.25) is 0 Å². The van der Waals surface area contributed by atoms with Crippen molar-refractivity contribution in [3.63, 3.8) is 0 Å². The molecule has 7 nitrogen and oxygen atoms in total. The number of pyridine rings is 2. The summed E-state index contributed by atoms with van der Waals surface area (Å²) in [6.45, 7) is 1.87. The van der Waals surface area contributed by atoms with Gasteiger partial charge in [-0.25, -0.2) is 9.97 Å². The van der Waals surface area contributed by atoms with Crippen LogP contribution >= 0.6 is 0 Å². The number of aromatic nitrogens is 3. The van der Waals surface area contributed by atoms with Crippen LogP contribution in [0.4, 0.5) is 11.5 Å². The van der Waals surface area contributed by atoms with E-state index in [2.05, 4.69) is 25.6 Å². The number of anilines is 2. The molecule has 1 fully saturated rings. The summed E-state index contributed by atoms with van der Waals surface area (Å²) in [5.41, 5.74) is 3.91. The smallest absolute Gasteiger partial charge is 0.315 e. The highest BCUT2D eigenvalue weighted by Gasteiger charge is 2.18. The van der Waals surface area contributed by atoms with Gasteiger partial charge >= 0.3 is 11.8 Å². The fraction of sp³-hybridized carbons (Fsp3) is 0.333. The molecule has 3 aromatic rings. The van der Waals surface area contributed by atoms with E-state index in [0.717, 1.165) is 11.2 Å². The molecule has 3 N–H and O–H groups in total. The minimum Gasteiger partial charge on any atom is -0.358 e. The molecule has 144 valence electrons. The quantitative estimate of drug-likeness (QED) is 0.603. The zero-order chi connectivity index (χ0) is 19.5. The van der Waals surface area contributed by atoms with Gasteiger partial charge in [0.2, 0.25) is 0 Å². The summed E-state index contributed by atoms with van der Waals surface area (Å²) in [5, 5.41) is 5.15. The summed E-state index contributed by atoms with van der Waals surface area (Å²) in [6, 6.07) is 7.50. The van der Waals surface area contributed by atoms with Crippen LogP contribution in [-0.4, -0.2) is 26.8 Å². The molecule has 0 aromatic carbocycles. The largest absolute Gasteiger partial charge is 0.358 e. The Morgan fingerprint density at radius 3 is 2.57 bits per heavy atom. The van der Waals surface area contributed by atoms with Gasteiger partial charge in [0.05, 0.1) is 11.2 Å². The Morgan fingerprint density at radius 2 is 1.82 bits per heavy atom. The molecule has 0 bridgehead atoms. The van der Waals surface area contributed by atoms with Crippen LogP contribution in [0.5, 0.6) is 0 Å². The van der Waals surface area contributed by atoms with Crippen molar-refractivity contribution in [2.24, 2.45) is 0 Å². The number of amides is 2. The highest BCUT2D eigenvalue weighted by molar-refractivity contribution is 6.44. The van der Waals surface area contributed by atoms with Crippen LogP contribution in [0.3, 0.4) is 0 Å². The molecule has 7 heteroatoms. The van der Waals surface area contributed by atoms with Gasteiger partial charge in [-0.2, -0.15) is 0 Å². The van der Waals surface area contributed by atoms with Crippen molar-refractivity contribution in [2.45, 2.75) is 44.9 Å². The van der Waals surface area contributed by atoms with E-state index in [1.54, 1.807) is 18.5 Å². The molecule has 28 heavy (non-hydrogen) atoms. The van der Waals surface area contributed by atoms with Crippen molar-refractivity contribution in [1.82, 2.24) is 15.0 Å². The third-order valence-electron chi connectivity index (χ3n) is 5.22. The van der Waals surface area contributed by atoms with E-state index < -0.39 is 11.8 Å². The summed E-state index contributed by atoms with van der Waals surface area (Å²) in [7, 11) is 0. The molecule has 0 saturated heterocycles. The summed E-state index contributed by atoms with van der Waals surface area (Å²) in [5.74, 6) is -0.609. The van der Waals surface area contributed by atoms with Crippen molar-refractivity contribution in [3.05, 3.63) is 47.9 Å². The number of nitrogens with one attached hydrogen (secondary N) is 3. The standard InChI is InChI=1S/C21H23N5O2/c1-13-7-9-16-19(24-13)17(12-22-16)25-20(27)21(28)26-18-10-8-15(11-23-18)14-5-3-2-4-6-14/h7-12,14,22H,2-6H2,1H3,(H,25,27)(H,23,26,28). The van der Waals surface area contributed by atoms with Crippen LogP contribution in [0.1, 0.15) is 49.3 Å². The molecule has 0 unspecified atom stereocenters. The molecule has 2 amide bonds. The molecule has 3 aromatic heterocycles. The molecule has 1 aliphatic carbocycles. The Kier molecular flexibility index (Phi) is 5.06. The molecule has 0 aliphatic heterocycles. The first-order valence-electron chi connectivity index (χ1n) is 9.63. The van der Waals surface area contributed by atoms with Crippen LogP contribution in [0.25, 0.3) is 11.0 Å². The summed E-state index contributed by atoms with van der Waals surface area (Å²) in [4.78, 5) is 36.2. The number of nitrogens with zero attached hydrogens (tertiary/aromatic N) is 2. The molecule has 0 radical (unpaired) electrons. The first kappa shape index (κ1) is 18.2. The van der Waals surface area contributed by atoms with Gasteiger partial charge in [-0.1, -0.05) is 25.3 Å². The molecule has 4 rings (SSSR count). The SMILES string of the molecule is Cc1ccc2[nH]cc(NC(=O)C(=O)Nc3ccc(C4CCCCC4)cn3)c2n1. The molecular formula is C21H23N5O2. The molecule has 1 saturated carbocycles. The summed E-state index contributed by atoms with van der Waals surface area (Å²) >= 11 is 0. The van der Waals surface area contributed by atoms with Gasteiger partial charge in [-0.05, 0) is 49.4 Å². The van der Waals surface area contributed by atoms with E-state index in [4.69, 9.17) is 0 Å². The van der Waals surface area contributed by atoms with E-state index in [1.165, 1.54) is 37.7 Å². The lowest BCUT2D eigenvalue weighted by atomic mass is 9.85. The topological polar surface area (TPSA) is 99.8 Å². The van der Waals surface area contributed by atoms with Gasteiger partial charge in [-0.3, -0.25) is 9.59 Å². The van der Waals surface area contributed by atoms with Crippen molar-refractivity contribution in [3.8, 4) is 0 Å². The molecule has 0 spiro atoms. The molecule has 3 heterocycles. The second-order valence-corrected chi connectivity index (χ2v) is 7.27. The Morgan fingerprint density at radius 1 is 1.04 bits per heavy atom. The monoisotopic (exact) mass is 377 g/mol. The van der Waals surface area contributed by atoms with Crippen LogP contribution < -0.4 is 10.6 Å². The second kappa shape index (κ2) is 7.80. The third-order valence-corrected chi connectivity index (χ3v) is 5.22. The second-order valence-electron chi connectivity index (χ2n) is 7.27. The van der Waals surface area contributed by atoms with Crippen molar-refractivity contribution >= 4 is 34.4 Å². The van der Waals surface area contributed by atoms with Crippen LogP contribution in [0.15, 0.2) is 36.7 Å². The fourth-order valence-corrected chi connectivity index (χ4v) is 3.70. The van der Waals surface area contributed by atoms with E-state index in [1.807, 2.05) is 25.1 Å². The lowest BCUT2D eigenvalue weighted by Gasteiger charge is -2.21. The number of H-pyrrole nitrogens is 1. The van der Waals surface area contributed by atoms with E-state index in [0.29, 0.717) is 22.9 Å². The summed E-state index contributed by atoms with van der Waals surface area (Å²) < 4.78 is 0. The lowest BCUT2D eigenvalue weighted by molar-refractivity contribution is -0.133. The van der Waals surface area contributed by atoms with E-state index in [-0.39, 0.29) is 0 Å². The van der Waals surface area contributed by atoms with Crippen LogP contribution in [-0.2, 0) is 9.59 Å². The Bertz CT molecular complexity index is 1000. The molecule has 1 aliphatic rings. The number of carbonyl (C=O) groups is 2. The fourth-order valence-electron chi connectivity index (χ4n) is 3.70. The Hall–Kier alpha value is -3.22. The minimum atomic E-state index is -0.764. The van der Waals surface area contributed by atoms with Gasteiger partial charge in [-0.15, -0.1) is 0 Å². The maximum atomic E-state index is 12.3. The zero-order valence-electron chi connectivity index (χ0n) is 15.8. The molecular weight excluding hydrogens is 354 g/mol. The van der Waals surface area contributed by atoms with Gasteiger partial charge in [0.25, 0.3) is 0 Å². The van der Waals surface area contributed by atoms with Gasteiger partial charge in [0.1, 0.15) is 11.3 Å². The number of aryl methyl sites for hydroxylation is 1. The number of hydrogen-bond acceptors (Lipinski definition) is 4. The normalized spacial score (nSPS) is 14.8. The van der Waals surface area contributed by atoms with Crippen molar-refractivity contribution < 1.29 is 9.59 Å². The van der Waals surface area contributed by atoms with E-state index >= 15 is 0 Å². The number of hydrogen-bond donors (Lipinski definition) is 3. The highest BCUT2D eigenvalue weighted by Crippen LogP contribution is 2.32. The van der Waals surface area contributed by atoms with Crippen molar-refractivity contribution in [1.29, 1.82) is 0 Å². The average Bonchev–Trinajstić information content (AvgIpc) is 3.11. The first-order valence-corrected chi connectivity index (χ1v) is 9.63. The van der Waals surface area contributed by atoms with Gasteiger partial charge in [0, 0.05) is 18.1 Å². The molecule has 0 atom stereocenters. The number of aromatic amines is 1. The third kappa shape index (κ3) is 3.88. The van der Waals surface area contributed by atoms with Gasteiger partial charge < -0.3 is 15.6 Å². The highest BCUT2D eigenvalue weighted by atomic mass is 16.2. The lowest BCUT2D eigenvalue weighted by Crippen LogP contribution is -2.29. The summed E-state index contributed by atoms with van der Waals surface area (Å²) in [6.07, 6.45) is 9.62. The van der Waals surface area contributed by atoms with Gasteiger partial charge in [0.15, 0.2) is 0 Å². The number of fused-ring (bicyclic) bond motifs is 1. The average molecular weight is 377 g/mol. The Balaban J connectivity index is 1.40. The maximum Gasteiger partial charge on any atom is 0.315 e. The predicted octanol–water partition coefficient (Wildman–Crippen LogP) is 3.89. The zero-order valence-corrected chi connectivity index (χ0v) is 15.8. The van der Waals surface area contributed by atoms with Crippen molar-refractivity contribution in [2.75, 3.05) is 10.6 Å². The number of rotatable bonds is 3. The maximum absolute atomic E-state index is 12.3. The van der Waals surface area contributed by atoms with E-state index in [9.17, 15) is 9.59 Å². The van der Waals surface area contributed by atoms with Crippen LogP contribution in [0, 0.1) is 6.92 Å². The predicted molar refractivity (Wildman–Crippen MR) is 108 cm³/mol. The first-order chi connectivity index (χ1) is 13.6. The Labute approximate surface area is 163 Å². The minimum absolute atomic E-state index is 0.368. The number of carbonyl (C=O) groups excluding carboxylic acids is 2.